The highest BCUT2D eigenvalue weighted by atomic mass is 32.2. The second-order valence-electron chi connectivity index (χ2n) is 6.26. The van der Waals surface area contributed by atoms with Crippen molar-refractivity contribution < 1.29 is 13.2 Å². The van der Waals surface area contributed by atoms with Gasteiger partial charge in [-0.2, -0.15) is 5.26 Å². The summed E-state index contributed by atoms with van der Waals surface area (Å²) in [6, 6.07) is 17.6. The van der Waals surface area contributed by atoms with E-state index in [1.54, 1.807) is 0 Å². The second-order valence-corrected chi connectivity index (χ2v) is 7.09. The minimum absolute atomic E-state index is 0.200. The topological polar surface area (TPSA) is 79.2 Å². The number of hydrogen-bond acceptors (Lipinski definition) is 4. The Morgan fingerprint density at radius 3 is 2.52 bits per heavy atom. The summed E-state index contributed by atoms with van der Waals surface area (Å²) in [6.45, 7) is 3.92. The lowest BCUT2D eigenvalue weighted by atomic mass is 9.83. The fourth-order valence-electron chi connectivity index (χ4n) is 2.98. The number of nitrogens with one attached hydrogen (secondary N) is 1. The molecule has 1 aliphatic rings. The highest BCUT2D eigenvalue weighted by Gasteiger charge is 2.35. The van der Waals surface area contributed by atoms with E-state index in [9.17, 15) is 13.7 Å². The van der Waals surface area contributed by atoms with E-state index in [0.29, 0.717) is 11.3 Å². The molecule has 0 unspecified atom stereocenters. The average Bonchev–Trinajstić information content (AvgIpc) is 2.58. The Bertz CT molecular complexity index is 946. The van der Waals surface area contributed by atoms with Crippen LogP contribution in [0.25, 0.3) is 5.57 Å². The van der Waals surface area contributed by atoms with Crippen molar-refractivity contribution >= 4 is 16.5 Å². The number of hydrogen-bond donors (Lipinski definition) is 2. The van der Waals surface area contributed by atoms with Crippen LogP contribution in [0.15, 0.2) is 54.1 Å². The summed E-state index contributed by atoms with van der Waals surface area (Å²) in [4.78, 5) is 0. The SMILES string of the molecule is CC1(C)Oc2cc(CN[SH](=O)=O)ccc2C(c2ccccc2)=C1C#N. The summed E-state index contributed by atoms with van der Waals surface area (Å²) < 4.78 is 29.9. The van der Waals surface area contributed by atoms with Crippen LogP contribution in [-0.2, 0) is 17.4 Å². The largest absolute Gasteiger partial charge is 0.482 e. The van der Waals surface area contributed by atoms with Gasteiger partial charge in [-0.15, -0.1) is 0 Å². The molecule has 0 saturated heterocycles. The second kappa shape index (κ2) is 6.71. The molecule has 0 atom stereocenters. The van der Waals surface area contributed by atoms with Crippen molar-refractivity contribution in [3.05, 3.63) is 70.8 Å². The van der Waals surface area contributed by atoms with Gasteiger partial charge >= 0.3 is 0 Å². The summed E-state index contributed by atoms with van der Waals surface area (Å²) in [5.41, 5.74) is 3.22. The normalized spacial score (nSPS) is 15.4. The standard InChI is InChI=1S/C19H18N2O3S/c1-19(2)16(11-20)18(14-6-4-3-5-7-14)15-9-8-13(10-17(15)24-19)12-21-25(22)23/h3-10,25H,12H2,1-2H3,(H,21,22,23). The van der Waals surface area contributed by atoms with Crippen LogP contribution in [0.4, 0.5) is 0 Å². The van der Waals surface area contributed by atoms with Crippen LogP contribution < -0.4 is 9.46 Å². The maximum atomic E-state index is 10.7. The van der Waals surface area contributed by atoms with Crippen molar-refractivity contribution in [2.75, 3.05) is 0 Å². The van der Waals surface area contributed by atoms with E-state index in [1.807, 2.05) is 62.4 Å². The smallest absolute Gasteiger partial charge is 0.201 e. The lowest BCUT2D eigenvalue weighted by Gasteiger charge is -2.34. The molecule has 6 heteroatoms. The van der Waals surface area contributed by atoms with E-state index in [1.165, 1.54) is 0 Å². The molecule has 1 aliphatic heterocycles. The van der Waals surface area contributed by atoms with Crippen LogP contribution in [-0.4, -0.2) is 14.0 Å². The number of fused-ring (bicyclic) bond motifs is 1. The number of benzene rings is 2. The molecule has 5 nitrogen and oxygen atoms in total. The summed E-state index contributed by atoms with van der Waals surface area (Å²) >= 11 is 0. The van der Waals surface area contributed by atoms with Gasteiger partial charge in [-0.25, -0.2) is 13.1 Å². The molecule has 25 heavy (non-hydrogen) atoms. The zero-order chi connectivity index (χ0) is 18.0. The van der Waals surface area contributed by atoms with Gasteiger partial charge in [0.1, 0.15) is 11.4 Å². The van der Waals surface area contributed by atoms with Gasteiger partial charge in [0, 0.05) is 17.7 Å². The fraction of sp³-hybridized carbons (Fsp3) is 0.211. The zero-order valence-electron chi connectivity index (χ0n) is 13.9. The van der Waals surface area contributed by atoms with Gasteiger partial charge in [0.15, 0.2) is 0 Å². The molecule has 0 saturated carbocycles. The van der Waals surface area contributed by atoms with Crippen LogP contribution in [0.5, 0.6) is 5.75 Å². The summed E-state index contributed by atoms with van der Waals surface area (Å²) in [7, 11) is -2.65. The van der Waals surface area contributed by atoms with E-state index in [-0.39, 0.29) is 6.54 Å². The first-order valence-electron chi connectivity index (χ1n) is 7.83. The first-order valence-corrected chi connectivity index (χ1v) is 9.00. The van der Waals surface area contributed by atoms with Crippen molar-refractivity contribution in [3.8, 4) is 11.8 Å². The summed E-state index contributed by atoms with van der Waals surface area (Å²) in [5.74, 6) is 0.642. The Kier molecular flexibility index (Phi) is 4.62. The molecule has 1 heterocycles. The number of ether oxygens (including phenoxy) is 1. The minimum atomic E-state index is -2.65. The Morgan fingerprint density at radius 2 is 1.88 bits per heavy atom. The Morgan fingerprint density at radius 1 is 1.16 bits per heavy atom. The lowest BCUT2D eigenvalue weighted by molar-refractivity contribution is 0.149. The maximum absolute atomic E-state index is 10.7. The minimum Gasteiger partial charge on any atom is -0.482 e. The third kappa shape index (κ3) is 3.43. The molecule has 1 N–H and O–H groups in total. The highest BCUT2D eigenvalue weighted by molar-refractivity contribution is 7.70. The molecule has 0 aromatic heterocycles. The van der Waals surface area contributed by atoms with Crippen molar-refractivity contribution in [2.24, 2.45) is 0 Å². The molecule has 128 valence electrons. The van der Waals surface area contributed by atoms with Gasteiger partial charge in [-0.05, 0) is 31.0 Å². The first-order chi connectivity index (χ1) is 11.9. The molecule has 2 aromatic carbocycles. The molecule has 0 aliphatic carbocycles. The average molecular weight is 354 g/mol. The Balaban J connectivity index is 2.16. The fourth-order valence-corrected chi connectivity index (χ4v) is 3.29. The van der Waals surface area contributed by atoms with Crippen LogP contribution in [0, 0.1) is 11.3 Å². The predicted molar refractivity (Wildman–Crippen MR) is 96.4 cm³/mol. The highest BCUT2D eigenvalue weighted by Crippen LogP contribution is 2.43. The van der Waals surface area contributed by atoms with Crippen molar-refractivity contribution in [1.29, 1.82) is 5.26 Å². The summed E-state index contributed by atoms with van der Waals surface area (Å²) in [5, 5.41) is 9.72. The van der Waals surface area contributed by atoms with Gasteiger partial charge in [0.25, 0.3) is 0 Å². The third-order valence-corrected chi connectivity index (χ3v) is 4.54. The maximum Gasteiger partial charge on any atom is 0.201 e. The molecule has 3 rings (SSSR count). The molecule has 0 radical (unpaired) electrons. The summed E-state index contributed by atoms with van der Waals surface area (Å²) in [6.07, 6.45) is 0. The molecular weight excluding hydrogens is 336 g/mol. The van der Waals surface area contributed by atoms with Crippen molar-refractivity contribution in [3.63, 3.8) is 0 Å². The molecule has 0 spiro atoms. The van der Waals surface area contributed by atoms with E-state index < -0.39 is 16.5 Å². The van der Waals surface area contributed by atoms with Crippen LogP contribution in [0.2, 0.25) is 0 Å². The van der Waals surface area contributed by atoms with Crippen LogP contribution in [0.3, 0.4) is 0 Å². The van der Waals surface area contributed by atoms with Crippen molar-refractivity contribution in [1.82, 2.24) is 4.72 Å². The van der Waals surface area contributed by atoms with E-state index in [0.717, 1.165) is 22.3 Å². The van der Waals surface area contributed by atoms with E-state index >= 15 is 0 Å². The Labute approximate surface area is 148 Å². The van der Waals surface area contributed by atoms with Crippen LogP contribution >= 0.6 is 0 Å². The Hall–Kier alpha value is -2.62. The monoisotopic (exact) mass is 354 g/mol. The predicted octanol–water partition coefficient (Wildman–Crippen LogP) is 2.80. The van der Waals surface area contributed by atoms with Gasteiger partial charge < -0.3 is 4.74 Å². The van der Waals surface area contributed by atoms with Gasteiger partial charge in [0.2, 0.25) is 10.9 Å². The quantitative estimate of drug-likeness (QED) is 0.828. The van der Waals surface area contributed by atoms with E-state index in [4.69, 9.17) is 4.74 Å². The third-order valence-electron chi connectivity index (χ3n) is 4.12. The lowest BCUT2D eigenvalue weighted by Crippen LogP contribution is -2.34. The molecule has 0 fully saturated rings. The van der Waals surface area contributed by atoms with Gasteiger partial charge in [0.05, 0.1) is 11.6 Å². The van der Waals surface area contributed by atoms with Crippen LogP contribution in [0.1, 0.15) is 30.5 Å². The van der Waals surface area contributed by atoms with Crippen molar-refractivity contribution in [2.45, 2.75) is 26.0 Å². The molecule has 2 aromatic rings. The molecule has 0 amide bonds. The number of thiol groups is 1. The number of nitriles is 1. The zero-order valence-corrected chi connectivity index (χ0v) is 14.8. The number of nitrogens with zero attached hydrogens (tertiary/aromatic N) is 1. The van der Waals surface area contributed by atoms with Gasteiger partial charge in [-0.3, -0.25) is 0 Å². The molecule has 0 bridgehead atoms. The molecular formula is C19H18N2O3S. The number of rotatable bonds is 4. The van der Waals surface area contributed by atoms with E-state index in [2.05, 4.69) is 10.8 Å². The first kappa shape index (κ1) is 17.2. The van der Waals surface area contributed by atoms with Gasteiger partial charge in [-0.1, -0.05) is 42.5 Å².